The minimum Gasteiger partial charge on any atom is -0.314 e. The van der Waals surface area contributed by atoms with Crippen molar-refractivity contribution in [2.45, 2.75) is 20.8 Å². The minimum atomic E-state index is -3.02. The van der Waals surface area contributed by atoms with Crippen LogP contribution in [0, 0.1) is 5.41 Å². The Kier molecular flexibility index (Phi) is 3.55. The third-order valence-electron chi connectivity index (χ3n) is 2.12. The molecule has 0 spiro atoms. The highest BCUT2D eigenvalue weighted by atomic mass is 32.2. The Morgan fingerprint density at radius 1 is 1.29 bits per heavy atom. The molecule has 0 aromatic heterocycles. The van der Waals surface area contributed by atoms with E-state index in [1.54, 1.807) is 4.31 Å². The Morgan fingerprint density at radius 3 is 2.50 bits per heavy atom. The highest BCUT2D eigenvalue weighted by Gasteiger charge is 2.27. The van der Waals surface area contributed by atoms with Crippen LogP contribution in [0.3, 0.4) is 0 Å². The lowest BCUT2D eigenvalue weighted by atomic mass is 9.97. The first kappa shape index (κ1) is 11.9. The van der Waals surface area contributed by atoms with Gasteiger partial charge in [0.1, 0.15) is 0 Å². The van der Waals surface area contributed by atoms with Crippen LogP contribution >= 0.6 is 0 Å². The molecule has 1 N–H and O–H groups in total. The largest absolute Gasteiger partial charge is 0.314 e. The van der Waals surface area contributed by atoms with Gasteiger partial charge in [-0.1, -0.05) is 20.8 Å². The van der Waals surface area contributed by atoms with Crippen molar-refractivity contribution in [3.8, 4) is 0 Å². The van der Waals surface area contributed by atoms with Crippen LogP contribution < -0.4 is 5.32 Å². The molecule has 1 aliphatic rings. The summed E-state index contributed by atoms with van der Waals surface area (Å²) >= 11 is 0. The number of nitrogens with one attached hydrogen (secondary N) is 1. The van der Waals surface area contributed by atoms with Crippen LogP contribution in [-0.4, -0.2) is 44.7 Å². The molecule has 0 aromatic carbocycles. The van der Waals surface area contributed by atoms with Gasteiger partial charge >= 0.3 is 0 Å². The maximum Gasteiger partial charge on any atom is 0.215 e. The molecule has 0 aliphatic carbocycles. The van der Waals surface area contributed by atoms with Gasteiger partial charge in [0.15, 0.2) is 0 Å². The molecular weight excluding hydrogens is 200 g/mol. The van der Waals surface area contributed by atoms with Crippen LogP contribution in [0.5, 0.6) is 0 Å². The van der Waals surface area contributed by atoms with Crippen LogP contribution in [0.1, 0.15) is 20.8 Å². The van der Waals surface area contributed by atoms with Crippen molar-refractivity contribution in [2.75, 3.05) is 31.9 Å². The van der Waals surface area contributed by atoms with Crippen LogP contribution in [-0.2, 0) is 10.0 Å². The first-order chi connectivity index (χ1) is 6.31. The Morgan fingerprint density at radius 2 is 1.93 bits per heavy atom. The van der Waals surface area contributed by atoms with Gasteiger partial charge in [-0.25, -0.2) is 12.7 Å². The molecule has 5 heteroatoms. The molecule has 1 saturated heterocycles. The Bertz CT molecular complexity index is 280. The molecule has 0 aromatic rings. The third kappa shape index (κ3) is 3.55. The van der Waals surface area contributed by atoms with Gasteiger partial charge in [-0.2, -0.15) is 0 Å². The molecule has 0 radical (unpaired) electrons. The molecule has 1 rings (SSSR count). The lowest BCUT2D eigenvalue weighted by molar-refractivity contribution is 0.286. The van der Waals surface area contributed by atoms with E-state index >= 15 is 0 Å². The van der Waals surface area contributed by atoms with Gasteiger partial charge in [-0.3, -0.25) is 0 Å². The second-order valence-corrected chi connectivity index (χ2v) is 7.05. The number of rotatable bonds is 1. The number of nitrogens with zero attached hydrogens (tertiary/aromatic N) is 1. The summed E-state index contributed by atoms with van der Waals surface area (Å²) in [5, 5.41) is 3.10. The van der Waals surface area contributed by atoms with Crippen molar-refractivity contribution < 1.29 is 8.42 Å². The quantitative estimate of drug-likeness (QED) is 0.690. The lowest BCUT2D eigenvalue weighted by Gasteiger charge is -2.27. The maximum atomic E-state index is 11.8. The van der Waals surface area contributed by atoms with Crippen molar-refractivity contribution in [1.29, 1.82) is 0 Å². The lowest BCUT2D eigenvalue weighted by Crippen LogP contribution is -2.39. The van der Waals surface area contributed by atoms with Gasteiger partial charge in [0.05, 0.1) is 5.75 Å². The van der Waals surface area contributed by atoms with Gasteiger partial charge in [-0.15, -0.1) is 0 Å². The van der Waals surface area contributed by atoms with Crippen LogP contribution in [0.25, 0.3) is 0 Å². The van der Waals surface area contributed by atoms with Crippen molar-refractivity contribution in [3.63, 3.8) is 0 Å². The van der Waals surface area contributed by atoms with Crippen molar-refractivity contribution in [1.82, 2.24) is 9.62 Å². The Hall–Kier alpha value is -0.130. The fraction of sp³-hybridized carbons (Fsp3) is 1.00. The van der Waals surface area contributed by atoms with Crippen LogP contribution in [0.4, 0.5) is 0 Å². The van der Waals surface area contributed by atoms with Crippen molar-refractivity contribution in [2.24, 2.45) is 5.41 Å². The van der Waals surface area contributed by atoms with E-state index in [9.17, 15) is 8.42 Å². The van der Waals surface area contributed by atoms with Gasteiger partial charge < -0.3 is 5.32 Å². The highest BCUT2D eigenvalue weighted by molar-refractivity contribution is 7.89. The Balaban J connectivity index is 2.73. The molecule has 0 atom stereocenters. The second-order valence-electron chi connectivity index (χ2n) is 4.96. The van der Waals surface area contributed by atoms with Gasteiger partial charge in [-0.05, 0) is 5.41 Å². The summed E-state index contributed by atoms with van der Waals surface area (Å²) in [7, 11) is -3.02. The second kappa shape index (κ2) is 4.16. The molecule has 0 unspecified atom stereocenters. The number of sulfonamides is 1. The number of hydrogen-bond donors (Lipinski definition) is 1. The highest BCUT2D eigenvalue weighted by Crippen LogP contribution is 2.18. The van der Waals surface area contributed by atoms with E-state index in [4.69, 9.17) is 0 Å². The number of hydrogen-bond acceptors (Lipinski definition) is 3. The smallest absolute Gasteiger partial charge is 0.215 e. The van der Waals surface area contributed by atoms with E-state index in [0.29, 0.717) is 19.6 Å². The van der Waals surface area contributed by atoms with Gasteiger partial charge in [0.25, 0.3) is 0 Å². The molecule has 0 bridgehead atoms. The zero-order valence-electron chi connectivity index (χ0n) is 9.21. The van der Waals surface area contributed by atoms with Crippen LogP contribution in [0.2, 0.25) is 0 Å². The van der Waals surface area contributed by atoms with Gasteiger partial charge in [0.2, 0.25) is 10.0 Å². The molecule has 84 valence electrons. The third-order valence-corrected chi connectivity index (χ3v) is 3.94. The van der Waals surface area contributed by atoms with Crippen molar-refractivity contribution in [3.05, 3.63) is 0 Å². The predicted octanol–water partition coefficient (Wildman–Crippen LogP) is 0.268. The topological polar surface area (TPSA) is 49.4 Å². The van der Waals surface area contributed by atoms with E-state index in [-0.39, 0.29) is 11.2 Å². The molecule has 0 amide bonds. The molecule has 4 nitrogen and oxygen atoms in total. The molecular formula is C9H20N2O2S. The minimum absolute atomic E-state index is 0.0252. The zero-order valence-corrected chi connectivity index (χ0v) is 10.0. The van der Waals surface area contributed by atoms with E-state index in [0.717, 1.165) is 6.54 Å². The molecule has 14 heavy (non-hydrogen) atoms. The molecule has 0 saturated carbocycles. The molecule has 1 aliphatic heterocycles. The van der Waals surface area contributed by atoms with E-state index in [1.165, 1.54) is 0 Å². The first-order valence-electron chi connectivity index (χ1n) is 5.00. The SMILES string of the molecule is CC(C)(C)CN1CCNCCS1(=O)=O. The predicted molar refractivity (Wildman–Crippen MR) is 57.7 cm³/mol. The summed E-state index contributed by atoms with van der Waals surface area (Å²) in [5.74, 6) is 0.225. The van der Waals surface area contributed by atoms with Gasteiger partial charge in [0, 0.05) is 26.2 Å². The summed E-state index contributed by atoms with van der Waals surface area (Å²) in [5.41, 5.74) is 0.0252. The Labute approximate surface area is 86.7 Å². The fourth-order valence-electron chi connectivity index (χ4n) is 1.50. The first-order valence-corrected chi connectivity index (χ1v) is 6.61. The monoisotopic (exact) mass is 220 g/mol. The zero-order chi connectivity index (χ0) is 10.8. The van der Waals surface area contributed by atoms with Crippen LogP contribution in [0.15, 0.2) is 0 Å². The standard InChI is InChI=1S/C9H20N2O2S/c1-9(2,3)8-11-6-4-10-5-7-14(11,12)13/h10H,4-8H2,1-3H3. The van der Waals surface area contributed by atoms with E-state index in [1.807, 2.05) is 0 Å². The summed E-state index contributed by atoms with van der Waals surface area (Å²) in [6.07, 6.45) is 0. The summed E-state index contributed by atoms with van der Waals surface area (Å²) in [6, 6.07) is 0. The fourth-order valence-corrected chi connectivity index (χ4v) is 3.12. The maximum absolute atomic E-state index is 11.8. The average molecular weight is 220 g/mol. The summed E-state index contributed by atoms with van der Waals surface area (Å²) < 4.78 is 25.1. The normalized spacial score (nSPS) is 24.5. The molecule has 1 fully saturated rings. The van der Waals surface area contributed by atoms with Crippen molar-refractivity contribution >= 4 is 10.0 Å². The average Bonchev–Trinajstić information content (AvgIpc) is 2.11. The molecule has 1 heterocycles. The summed E-state index contributed by atoms with van der Waals surface area (Å²) in [4.78, 5) is 0. The van der Waals surface area contributed by atoms with E-state index in [2.05, 4.69) is 26.1 Å². The summed E-state index contributed by atoms with van der Waals surface area (Å²) in [6.45, 7) is 8.71. The van der Waals surface area contributed by atoms with E-state index < -0.39 is 10.0 Å².